The van der Waals surface area contributed by atoms with E-state index >= 15 is 0 Å². The summed E-state index contributed by atoms with van der Waals surface area (Å²) in [4.78, 5) is 11.7. The Hall–Kier alpha value is -3.43. The Balaban J connectivity index is 1.18. The van der Waals surface area contributed by atoms with Crippen molar-refractivity contribution in [3.05, 3.63) is 59.0 Å². The zero-order valence-corrected chi connectivity index (χ0v) is 20.2. The summed E-state index contributed by atoms with van der Waals surface area (Å²) in [5.74, 6) is 1.99. The van der Waals surface area contributed by atoms with E-state index in [1.807, 2.05) is 24.3 Å². The van der Waals surface area contributed by atoms with E-state index in [0.29, 0.717) is 47.5 Å². The monoisotopic (exact) mass is 505 g/mol. The lowest BCUT2D eigenvalue weighted by Gasteiger charge is -2.26. The van der Waals surface area contributed by atoms with Crippen molar-refractivity contribution in [2.45, 2.75) is 11.8 Å². The molecule has 3 atom stereocenters. The Morgan fingerprint density at radius 2 is 2.11 bits per heavy atom. The van der Waals surface area contributed by atoms with Gasteiger partial charge in [0.15, 0.2) is 0 Å². The smallest absolute Gasteiger partial charge is 0.202 e. The van der Waals surface area contributed by atoms with E-state index in [2.05, 4.69) is 20.4 Å². The molecule has 2 fully saturated rings. The number of anilines is 2. The topological polar surface area (TPSA) is 105 Å². The summed E-state index contributed by atoms with van der Waals surface area (Å²) in [6.07, 6.45) is 2.71. The zero-order valence-electron chi connectivity index (χ0n) is 19.5. The van der Waals surface area contributed by atoms with Crippen LogP contribution in [-0.4, -0.2) is 53.0 Å². The number of fused-ring (bicyclic) bond motifs is 3. The first-order chi connectivity index (χ1) is 17.6. The van der Waals surface area contributed by atoms with Crippen LogP contribution in [0.25, 0.3) is 22.4 Å². The fraction of sp³-hybridized carbons (Fsp3) is 0.346. The predicted octanol–water partition coefficient (Wildman–Crippen LogP) is 3.97. The third kappa shape index (κ3) is 3.05. The lowest BCUT2D eigenvalue weighted by Crippen LogP contribution is -2.32. The predicted molar refractivity (Wildman–Crippen MR) is 137 cm³/mol. The second-order valence-electron chi connectivity index (χ2n) is 9.75. The molecule has 36 heavy (non-hydrogen) atoms. The molecule has 0 unspecified atom stereocenters. The van der Waals surface area contributed by atoms with E-state index in [4.69, 9.17) is 32.0 Å². The highest BCUT2D eigenvalue weighted by atomic mass is 35.5. The first-order valence-corrected chi connectivity index (χ1v) is 12.6. The minimum absolute atomic E-state index is 0.170. The molecule has 7 rings (SSSR count). The lowest BCUT2D eigenvalue weighted by atomic mass is 9.91. The molecule has 1 aliphatic carbocycles. The largest absolute Gasteiger partial charge is 0.490 e. The Kier molecular flexibility index (Phi) is 4.87. The third-order valence-corrected chi connectivity index (χ3v) is 8.54. The molecule has 0 spiro atoms. The molecule has 0 radical (unpaired) electrons. The van der Waals surface area contributed by atoms with Crippen molar-refractivity contribution in [1.29, 1.82) is 0 Å². The van der Waals surface area contributed by atoms with Gasteiger partial charge in [0.1, 0.15) is 29.5 Å². The van der Waals surface area contributed by atoms with Crippen LogP contribution in [0.4, 0.5) is 15.9 Å². The maximum Gasteiger partial charge on any atom is 0.202 e. The van der Waals surface area contributed by atoms with E-state index in [-0.39, 0.29) is 17.2 Å². The van der Waals surface area contributed by atoms with Gasteiger partial charge in [-0.15, -0.1) is 0 Å². The molecule has 3 aliphatic rings. The van der Waals surface area contributed by atoms with Crippen LogP contribution in [0, 0.1) is 17.7 Å². The Bertz CT molecular complexity index is 1490. The molecule has 10 heteroatoms. The number of piperidine rings is 1. The highest BCUT2D eigenvalue weighted by molar-refractivity contribution is 6.36. The van der Waals surface area contributed by atoms with Crippen LogP contribution in [0.2, 0.25) is 5.02 Å². The van der Waals surface area contributed by atoms with Crippen LogP contribution in [0.1, 0.15) is 12.0 Å². The number of H-pyrrole nitrogens is 1. The number of aromatic amines is 1. The number of hydrogen-bond acceptors (Lipinski definition) is 7. The second-order valence-corrected chi connectivity index (χ2v) is 10.1. The highest BCUT2D eigenvalue weighted by Gasteiger charge is 2.66. The molecule has 0 amide bonds. The Morgan fingerprint density at radius 3 is 2.97 bits per heavy atom. The molecule has 1 saturated carbocycles. The van der Waals surface area contributed by atoms with E-state index in [9.17, 15) is 4.39 Å². The number of nitrogens with two attached hydrogens (primary N) is 1. The van der Waals surface area contributed by atoms with Crippen molar-refractivity contribution in [2.75, 3.05) is 43.0 Å². The molecule has 2 aromatic heterocycles. The van der Waals surface area contributed by atoms with E-state index in [0.717, 1.165) is 47.9 Å². The van der Waals surface area contributed by atoms with Crippen LogP contribution in [0.15, 0.2) is 42.6 Å². The van der Waals surface area contributed by atoms with Crippen molar-refractivity contribution in [1.82, 2.24) is 20.2 Å². The first-order valence-electron chi connectivity index (χ1n) is 12.2. The SMILES string of the molecule is NC[C@]1(c2ccccc2F)[C@@H]2CCN(c3cnc4c(-c5ccc6c(c5Cl)NCCO6)[nH]nc4n3)C[C@@H]21. The zero-order chi connectivity index (χ0) is 24.4. The molecular weight excluding hydrogens is 481 g/mol. The van der Waals surface area contributed by atoms with Gasteiger partial charge in [-0.3, -0.25) is 5.10 Å². The van der Waals surface area contributed by atoms with Gasteiger partial charge in [-0.25, -0.2) is 14.4 Å². The van der Waals surface area contributed by atoms with Gasteiger partial charge in [0.05, 0.1) is 22.6 Å². The molecule has 1 saturated heterocycles. The van der Waals surface area contributed by atoms with Crippen molar-refractivity contribution < 1.29 is 9.13 Å². The number of nitrogens with zero attached hydrogens (tertiary/aromatic N) is 4. The molecule has 2 aliphatic heterocycles. The summed E-state index contributed by atoms with van der Waals surface area (Å²) in [6.45, 7) is 3.32. The summed E-state index contributed by atoms with van der Waals surface area (Å²) in [6, 6.07) is 10.8. The van der Waals surface area contributed by atoms with Crippen molar-refractivity contribution in [2.24, 2.45) is 17.6 Å². The molecule has 4 heterocycles. The minimum Gasteiger partial charge on any atom is -0.490 e. The minimum atomic E-state index is -0.307. The molecule has 184 valence electrons. The fourth-order valence-corrected chi connectivity index (χ4v) is 6.65. The average molecular weight is 506 g/mol. The Morgan fingerprint density at radius 1 is 1.22 bits per heavy atom. The summed E-state index contributed by atoms with van der Waals surface area (Å²) in [7, 11) is 0. The van der Waals surface area contributed by atoms with Crippen LogP contribution in [0.3, 0.4) is 0 Å². The molecule has 0 bridgehead atoms. The maximum absolute atomic E-state index is 14.7. The number of nitrogens with one attached hydrogen (secondary N) is 2. The summed E-state index contributed by atoms with van der Waals surface area (Å²) in [5, 5.41) is 11.4. The van der Waals surface area contributed by atoms with Gasteiger partial charge in [-0.1, -0.05) is 29.8 Å². The summed E-state index contributed by atoms with van der Waals surface area (Å²) >= 11 is 6.71. The molecule has 4 N–H and O–H groups in total. The van der Waals surface area contributed by atoms with Crippen LogP contribution < -0.4 is 20.7 Å². The lowest BCUT2D eigenvalue weighted by molar-refractivity contribution is 0.323. The normalized spacial score (nSPS) is 24.6. The van der Waals surface area contributed by atoms with Crippen molar-refractivity contribution >= 4 is 34.3 Å². The second kappa shape index (κ2) is 8.04. The van der Waals surface area contributed by atoms with Crippen molar-refractivity contribution in [3.8, 4) is 17.0 Å². The standard InChI is InChI=1S/C26H25ClFN7O/c27-21-14(5-6-19-23(21)30-8-10-36-19)22-24-25(34-33-22)32-20(11-31-24)35-9-7-15-17(12-35)26(15,13-29)16-3-1-2-4-18(16)28/h1-6,11,15,17,30H,7-10,12-13,29H2,(H,32,33,34)/t15-,17+,26-/m1/s1. The number of aromatic nitrogens is 4. The molecule has 2 aromatic carbocycles. The molecule has 4 aromatic rings. The molecular formula is C26H25ClFN7O. The quantitative estimate of drug-likeness (QED) is 0.385. The van der Waals surface area contributed by atoms with Gasteiger partial charge in [-0.2, -0.15) is 5.10 Å². The fourth-order valence-electron chi connectivity index (χ4n) is 6.34. The number of hydrogen-bond donors (Lipinski definition) is 3. The van der Waals surface area contributed by atoms with Gasteiger partial charge in [0.25, 0.3) is 0 Å². The maximum atomic E-state index is 14.7. The molecule has 8 nitrogen and oxygen atoms in total. The average Bonchev–Trinajstić information content (AvgIpc) is 3.38. The number of rotatable bonds is 4. The van der Waals surface area contributed by atoms with Gasteiger partial charge in [-0.05, 0) is 42.0 Å². The van der Waals surface area contributed by atoms with Crippen LogP contribution >= 0.6 is 11.6 Å². The third-order valence-electron chi connectivity index (χ3n) is 8.15. The first kappa shape index (κ1) is 21.8. The van der Waals surface area contributed by atoms with E-state index in [1.54, 1.807) is 12.3 Å². The number of benzene rings is 2. The van der Waals surface area contributed by atoms with Crippen LogP contribution in [0.5, 0.6) is 5.75 Å². The van der Waals surface area contributed by atoms with Gasteiger partial charge >= 0.3 is 0 Å². The van der Waals surface area contributed by atoms with Gasteiger partial charge < -0.3 is 20.7 Å². The van der Waals surface area contributed by atoms with Crippen molar-refractivity contribution in [3.63, 3.8) is 0 Å². The Labute approximate surface area is 212 Å². The summed E-state index contributed by atoms with van der Waals surface area (Å²) < 4.78 is 20.4. The van der Waals surface area contributed by atoms with Crippen LogP contribution in [-0.2, 0) is 5.41 Å². The van der Waals surface area contributed by atoms with Gasteiger partial charge in [0.2, 0.25) is 5.65 Å². The highest BCUT2D eigenvalue weighted by Crippen LogP contribution is 2.63. The summed E-state index contributed by atoms with van der Waals surface area (Å²) in [5.41, 5.74) is 10.1. The van der Waals surface area contributed by atoms with E-state index < -0.39 is 0 Å². The number of ether oxygens (including phenoxy) is 1. The van der Waals surface area contributed by atoms with Gasteiger partial charge in [0, 0.05) is 37.2 Å². The van der Waals surface area contributed by atoms with E-state index in [1.165, 1.54) is 6.07 Å². The number of halogens is 2.